The highest BCUT2D eigenvalue weighted by Gasteiger charge is 2.38. The molecule has 2 heterocycles. The first-order valence-electron chi connectivity index (χ1n) is 5.90. The summed E-state index contributed by atoms with van der Waals surface area (Å²) < 4.78 is 0. The number of amides is 1. The smallest absolute Gasteiger partial charge is 0.233 e. The summed E-state index contributed by atoms with van der Waals surface area (Å²) in [6.45, 7) is 2.06. The average molecular weight is 271 g/mol. The zero-order valence-corrected chi connectivity index (χ0v) is 11.0. The lowest BCUT2D eigenvalue weighted by Gasteiger charge is -2.34. The summed E-state index contributed by atoms with van der Waals surface area (Å²) in [5.41, 5.74) is 5.34. The molecule has 1 fully saturated rings. The fourth-order valence-corrected chi connectivity index (χ4v) is 2.11. The number of rotatable bonds is 3. The highest BCUT2D eigenvalue weighted by atomic mass is 35.5. The molecular weight excluding hydrogens is 252 g/mol. The van der Waals surface area contributed by atoms with Gasteiger partial charge in [0, 0.05) is 12.7 Å². The predicted molar refractivity (Wildman–Crippen MR) is 73.7 cm³/mol. The van der Waals surface area contributed by atoms with E-state index >= 15 is 0 Å². The van der Waals surface area contributed by atoms with E-state index < -0.39 is 5.41 Å². The average Bonchev–Trinajstić information content (AvgIpc) is 2.40. The van der Waals surface area contributed by atoms with Crippen molar-refractivity contribution in [2.24, 2.45) is 11.1 Å². The van der Waals surface area contributed by atoms with Crippen LogP contribution in [0.5, 0.6) is 0 Å². The summed E-state index contributed by atoms with van der Waals surface area (Å²) >= 11 is 0. The molecule has 18 heavy (non-hydrogen) atoms. The summed E-state index contributed by atoms with van der Waals surface area (Å²) in [5.74, 6) is 0.573. The molecule has 0 saturated carbocycles. The second-order valence-corrected chi connectivity index (χ2v) is 4.40. The van der Waals surface area contributed by atoms with Crippen LogP contribution < -0.4 is 16.4 Å². The second kappa shape index (κ2) is 6.68. The van der Waals surface area contributed by atoms with E-state index in [2.05, 4.69) is 15.6 Å². The lowest BCUT2D eigenvalue weighted by atomic mass is 9.78. The maximum atomic E-state index is 12.3. The van der Waals surface area contributed by atoms with Crippen LogP contribution in [-0.4, -0.2) is 30.5 Å². The van der Waals surface area contributed by atoms with E-state index in [1.54, 1.807) is 12.3 Å². The van der Waals surface area contributed by atoms with E-state index in [4.69, 9.17) is 5.73 Å². The molecule has 0 atom stereocenters. The molecular formula is C12H19ClN4O. The monoisotopic (exact) mass is 270 g/mol. The predicted octanol–water partition coefficient (Wildman–Crippen LogP) is 0.770. The number of carbonyl (C=O) groups excluding carboxylic acids is 1. The number of carbonyl (C=O) groups is 1. The Morgan fingerprint density at radius 1 is 1.44 bits per heavy atom. The largest absolute Gasteiger partial charge is 0.329 e. The molecule has 1 aromatic heterocycles. The third-order valence-electron chi connectivity index (χ3n) is 3.34. The molecule has 1 saturated heterocycles. The first kappa shape index (κ1) is 14.9. The van der Waals surface area contributed by atoms with Crippen LogP contribution in [0.15, 0.2) is 24.4 Å². The van der Waals surface area contributed by atoms with Gasteiger partial charge in [0.1, 0.15) is 5.82 Å². The molecule has 1 aliphatic heterocycles. The van der Waals surface area contributed by atoms with Crippen molar-refractivity contribution in [2.45, 2.75) is 12.8 Å². The van der Waals surface area contributed by atoms with Crippen LogP contribution in [0.3, 0.4) is 0 Å². The van der Waals surface area contributed by atoms with E-state index in [1.807, 2.05) is 12.1 Å². The molecule has 100 valence electrons. The van der Waals surface area contributed by atoms with Crippen LogP contribution in [0.1, 0.15) is 12.8 Å². The number of nitrogens with two attached hydrogens (primary N) is 1. The van der Waals surface area contributed by atoms with Crippen LogP contribution in [0.25, 0.3) is 0 Å². The van der Waals surface area contributed by atoms with Gasteiger partial charge < -0.3 is 16.4 Å². The minimum atomic E-state index is -0.442. The molecule has 1 aromatic rings. The number of halogens is 1. The Kier molecular flexibility index (Phi) is 5.53. The third kappa shape index (κ3) is 3.19. The van der Waals surface area contributed by atoms with E-state index in [9.17, 15) is 4.79 Å². The Balaban J connectivity index is 0.00000162. The lowest BCUT2D eigenvalue weighted by Crippen LogP contribution is -2.49. The van der Waals surface area contributed by atoms with Crippen molar-refractivity contribution in [3.8, 4) is 0 Å². The van der Waals surface area contributed by atoms with Gasteiger partial charge in [-0.25, -0.2) is 4.98 Å². The van der Waals surface area contributed by atoms with Gasteiger partial charge in [0.05, 0.1) is 5.41 Å². The molecule has 4 N–H and O–H groups in total. The van der Waals surface area contributed by atoms with Gasteiger partial charge in [0.15, 0.2) is 0 Å². The number of aromatic nitrogens is 1. The third-order valence-corrected chi connectivity index (χ3v) is 3.34. The Labute approximate surface area is 113 Å². The number of nitrogens with zero attached hydrogens (tertiary/aromatic N) is 1. The minimum Gasteiger partial charge on any atom is -0.329 e. The summed E-state index contributed by atoms with van der Waals surface area (Å²) in [6.07, 6.45) is 3.22. The minimum absolute atomic E-state index is 0. The maximum absolute atomic E-state index is 12.3. The number of nitrogens with one attached hydrogen (secondary N) is 2. The van der Waals surface area contributed by atoms with Gasteiger partial charge in [0.25, 0.3) is 0 Å². The zero-order chi connectivity index (χ0) is 12.1. The zero-order valence-electron chi connectivity index (χ0n) is 10.2. The van der Waals surface area contributed by atoms with Crippen LogP contribution in [0.2, 0.25) is 0 Å². The molecule has 0 aromatic carbocycles. The summed E-state index contributed by atoms with van der Waals surface area (Å²) in [5, 5.41) is 6.09. The van der Waals surface area contributed by atoms with Crippen molar-refractivity contribution in [3.05, 3.63) is 24.4 Å². The molecule has 0 radical (unpaired) electrons. The topological polar surface area (TPSA) is 80.0 Å². The van der Waals surface area contributed by atoms with Gasteiger partial charge in [-0.2, -0.15) is 0 Å². The normalized spacial score (nSPS) is 17.6. The van der Waals surface area contributed by atoms with Gasteiger partial charge in [-0.3, -0.25) is 4.79 Å². The van der Waals surface area contributed by atoms with E-state index in [0.717, 1.165) is 25.9 Å². The summed E-state index contributed by atoms with van der Waals surface area (Å²) in [4.78, 5) is 16.4. The number of anilines is 1. The number of hydrogen-bond acceptors (Lipinski definition) is 4. The maximum Gasteiger partial charge on any atom is 0.233 e. The number of pyridine rings is 1. The molecule has 5 nitrogen and oxygen atoms in total. The lowest BCUT2D eigenvalue weighted by molar-refractivity contribution is -0.126. The first-order valence-corrected chi connectivity index (χ1v) is 5.90. The van der Waals surface area contributed by atoms with E-state index in [1.165, 1.54) is 0 Å². The Morgan fingerprint density at radius 2 is 2.17 bits per heavy atom. The van der Waals surface area contributed by atoms with Gasteiger partial charge in [-0.1, -0.05) is 6.07 Å². The molecule has 0 spiro atoms. The van der Waals surface area contributed by atoms with Crippen LogP contribution in [0.4, 0.5) is 5.82 Å². The van der Waals surface area contributed by atoms with Crippen molar-refractivity contribution < 1.29 is 4.79 Å². The standard InChI is InChI=1S/C12H18N4O.ClH/c13-9-12(4-7-14-8-5-12)11(17)16-10-3-1-2-6-15-10;/h1-3,6,14H,4-5,7-9,13H2,(H,15,16,17);1H. The van der Waals surface area contributed by atoms with Gasteiger partial charge >= 0.3 is 0 Å². The van der Waals surface area contributed by atoms with Crippen molar-refractivity contribution >= 4 is 24.1 Å². The highest BCUT2D eigenvalue weighted by molar-refractivity contribution is 5.94. The summed E-state index contributed by atoms with van der Waals surface area (Å²) in [7, 11) is 0. The Morgan fingerprint density at radius 3 is 2.72 bits per heavy atom. The second-order valence-electron chi connectivity index (χ2n) is 4.40. The number of hydrogen-bond donors (Lipinski definition) is 3. The molecule has 0 unspecified atom stereocenters. The van der Waals surface area contributed by atoms with Crippen LogP contribution in [-0.2, 0) is 4.79 Å². The van der Waals surface area contributed by atoms with Crippen molar-refractivity contribution in [2.75, 3.05) is 25.0 Å². The Hall–Kier alpha value is -1.17. The SMILES string of the molecule is Cl.NCC1(C(=O)Nc2ccccn2)CCNCC1. The fourth-order valence-electron chi connectivity index (χ4n) is 2.11. The molecule has 0 aliphatic carbocycles. The van der Waals surface area contributed by atoms with Gasteiger partial charge in [-0.15, -0.1) is 12.4 Å². The van der Waals surface area contributed by atoms with Crippen LogP contribution >= 0.6 is 12.4 Å². The molecule has 0 bridgehead atoms. The van der Waals surface area contributed by atoms with Crippen LogP contribution in [0, 0.1) is 5.41 Å². The molecule has 6 heteroatoms. The Bertz CT molecular complexity index is 379. The van der Waals surface area contributed by atoms with Gasteiger partial charge in [-0.05, 0) is 38.1 Å². The first-order chi connectivity index (χ1) is 8.27. The highest BCUT2D eigenvalue weighted by Crippen LogP contribution is 2.28. The summed E-state index contributed by atoms with van der Waals surface area (Å²) in [6, 6.07) is 5.45. The molecule has 1 amide bonds. The fraction of sp³-hybridized carbons (Fsp3) is 0.500. The number of piperidine rings is 1. The molecule has 2 rings (SSSR count). The van der Waals surface area contributed by atoms with Crippen molar-refractivity contribution in [3.63, 3.8) is 0 Å². The van der Waals surface area contributed by atoms with Crippen molar-refractivity contribution in [1.29, 1.82) is 0 Å². The quantitative estimate of drug-likeness (QED) is 0.758. The van der Waals surface area contributed by atoms with Crippen molar-refractivity contribution in [1.82, 2.24) is 10.3 Å². The van der Waals surface area contributed by atoms with E-state index in [0.29, 0.717) is 12.4 Å². The van der Waals surface area contributed by atoms with Gasteiger partial charge in [0.2, 0.25) is 5.91 Å². The van der Waals surface area contributed by atoms with E-state index in [-0.39, 0.29) is 18.3 Å². The molecule has 1 aliphatic rings.